The van der Waals surface area contributed by atoms with Crippen molar-refractivity contribution in [3.63, 3.8) is 0 Å². The first-order chi connectivity index (χ1) is 11.2. The maximum atomic E-state index is 13.0. The van der Waals surface area contributed by atoms with Crippen LogP contribution in [0.2, 0.25) is 0 Å². The van der Waals surface area contributed by atoms with E-state index in [9.17, 15) is 4.79 Å². The van der Waals surface area contributed by atoms with Crippen LogP contribution < -0.4 is 0 Å². The first-order valence-electron chi connectivity index (χ1n) is 10.5. The number of fused-ring (bicyclic) bond motifs is 1. The molecule has 5 rings (SSSR count). The van der Waals surface area contributed by atoms with E-state index >= 15 is 0 Å². The Bertz CT molecular complexity index is 613. The average molecular weight is 331 g/mol. The Hall–Kier alpha value is -0.530. The smallest absolute Gasteiger partial charge is 0.313 e. The van der Waals surface area contributed by atoms with E-state index in [2.05, 4.69) is 34.6 Å². The Morgan fingerprint density at radius 3 is 2.62 bits per heavy atom. The summed E-state index contributed by atoms with van der Waals surface area (Å²) in [5.41, 5.74) is 0.624. The van der Waals surface area contributed by atoms with Crippen LogP contribution in [0.15, 0.2) is 0 Å². The number of hydrogen-bond acceptors (Lipinski definition) is 2. The molecule has 5 fully saturated rings. The lowest BCUT2D eigenvalue weighted by Gasteiger charge is -2.45. The van der Waals surface area contributed by atoms with Crippen LogP contribution in [0.1, 0.15) is 79.6 Å². The Kier molecular flexibility index (Phi) is 2.77. The van der Waals surface area contributed by atoms with Crippen LogP contribution in [0, 0.1) is 45.8 Å². The van der Waals surface area contributed by atoms with E-state index in [1.807, 2.05) is 0 Å². The van der Waals surface area contributed by atoms with Crippen molar-refractivity contribution in [2.24, 2.45) is 45.8 Å². The van der Waals surface area contributed by atoms with Crippen LogP contribution in [-0.4, -0.2) is 11.6 Å². The topological polar surface area (TPSA) is 26.3 Å². The lowest BCUT2D eigenvalue weighted by atomic mass is 9.56. The van der Waals surface area contributed by atoms with Crippen LogP contribution in [0.4, 0.5) is 0 Å². The van der Waals surface area contributed by atoms with Crippen molar-refractivity contribution in [2.45, 2.75) is 85.2 Å². The van der Waals surface area contributed by atoms with Gasteiger partial charge in [-0.1, -0.05) is 34.1 Å². The van der Waals surface area contributed by atoms with Crippen LogP contribution >= 0.6 is 0 Å². The fourth-order valence-electron chi connectivity index (χ4n) is 9.03. The molecule has 0 aromatic rings. The second-order valence-corrected chi connectivity index (χ2v) is 10.8. The molecule has 4 aliphatic carbocycles. The van der Waals surface area contributed by atoms with Crippen molar-refractivity contribution >= 4 is 5.97 Å². The van der Waals surface area contributed by atoms with Crippen molar-refractivity contribution in [1.29, 1.82) is 0 Å². The van der Waals surface area contributed by atoms with E-state index in [4.69, 9.17) is 4.74 Å². The van der Waals surface area contributed by atoms with Gasteiger partial charge in [-0.2, -0.15) is 0 Å². The molecule has 2 heteroatoms. The molecule has 4 saturated carbocycles. The molecule has 9 atom stereocenters. The largest absolute Gasteiger partial charge is 0.458 e. The molecule has 2 nitrogen and oxygen atoms in total. The van der Waals surface area contributed by atoms with E-state index in [0.29, 0.717) is 34.5 Å². The summed E-state index contributed by atoms with van der Waals surface area (Å²) < 4.78 is 6.42. The van der Waals surface area contributed by atoms with Gasteiger partial charge in [0.15, 0.2) is 0 Å². The number of hydrogen-bond donors (Lipinski definition) is 0. The Morgan fingerprint density at radius 2 is 1.92 bits per heavy atom. The quantitative estimate of drug-likeness (QED) is 0.617. The fourth-order valence-corrected chi connectivity index (χ4v) is 9.03. The zero-order valence-corrected chi connectivity index (χ0v) is 16.2. The van der Waals surface area contributed by atoms with Crippen molar-refractivity contribution in [2.75, 3.05) is 0 Å². The molecule has 4 unspecified atom stereocenters. The summed E-state index contributed by atoms with van der Waals surface area (Å²) in [7, 11) is 0. The molecule has 0 N–H and O–H groups in total. The van der Waals surface area contributed by atoms with E-state index in [1.54, 1.807) is 0 Å². The highest BCUT2D eigenvalue weighted by atomic mass is 16.6. The van der Waals surface area contributed by atoms with Crippen molar-refractivity contribution < 1.29 is 9.53 Å². The molecule has 0 amide bonds. The van der Waals surface area contributed by atoms with Gasteiger partial charge in [0.2, 0.25) is 0 Å². The second-order valence-electron chi connectivity index (χ2n) is 10.8. The molecule has 4 bridgehead atoms. The zero-order chi connectivity index (χ0) is 17.1. The first-order valence-corrected chi connectivity index (χ1v) is 10.5. The van der Waals surface area contributed by atoms with Gasteiger partial charge >= 0.3 is 5.97 Å². The minimum absolute atomic E-state index is 0.109. The summed E-state index contributed by atoms with van der Waals surface area (Å²) in [6.07, 6.45) is 9.07. The minimum Gasteiger partial charge on any atom is -0.458 e. The molecule has 134 valence electrons. The number of rotatable bonds is 1. The standard InChI is InChI=1S/C22H34O2/c1-6-19(4)12-21-11-15(19)7-8-16(21)22-10-9-13(2)20(5,18(23)24-22)17(22)14(21)3/h13-17H,6-12H2,1-5H3/t13?,14-,15+,16?,17?,19?,20+,21-,22+/m0/s1. The predicted molar refractivity (Wildman–Crippen MR) is 94.3 cm³/mol. The maximum absolute atomic E-state index is 13.0. The van der Waals surface area contributed by atoms with E-state index in [-0.39, 0.29) is 17.0 Å². The highest BCUT2D eigenvalue weighted by molar-refractivity contribution is 5.81. The van der Waals surface area contributed by atoms with Gasteiger partial charge in [-0.15, -0.1) is 0 Å². The Balaban J connectivity index is 1.67. The maximum Gasteiger partial charge on any atom is 0.313 e. The predicted octanol–water partition coefficient (Wildman–Crippen LogP) is 5.21. The molecule has 0 aromatic carbocycles. The molecular formula is C22H34O2. The van der Waals surface area contributed by atoms with Crippen molar-refractivity contribution in [1.82, 2.24) is 0 Å². The lowest BCUT2D eigenvalue weighted by molar-refractivity contribution is -0.160. The number of carbonyl (C=O) groups excluding carboxylic acids is 1. The third-order valence-corrected chi connectivity index (χ3v) is 10.5. The van der Waals surface area contributed by atoms with Crippen molar-refractivity contribution in [3.05, 3.63) is 0 Å². The molecule has 5 aliphatic rings. The van der Waals surface area contributed by atoms with Crippen LogP contribution in [0.25, 0.3) is 0 Å². The molecule has 1 spiro atoms. The molecular weight excluding hydrogens is 296 g/mol. The summed E-state index contributed by atoms with van der Waals surface area (Å²) in [6.45, 7) is 12.0. The van der Waals surface area contributed by atoms with Gasteiger partial charge in [0.1, 0.15) is 5.60 Å². The van der Waals surface area contributed by atoms with E-state index < -0.39 is 0 Å². The van der Waals surface area contributed by atoms with Gasteiger partial charge in [0.05, 0.1) is 5.41 Å². The lowest BCUT2D eigenvalue weighted by Crippen LogP contribution is -2.49. The number of carbonyl (C=O) groups is 1. The Morgan fingerprint density at radius 1 is 1.17 bits per heavy atom. The normalized spacial score (nSPS) is 63.9. The van der Waals surface area contributed by atoms with Crippen molar-refractivity contribution in [3.8, 4) is 0 Å². The highest BCUT2D eigenvalue weighted by Gasteiger charge is 2.81. The molecule has 24 heavy (non-hydrogen) atoms. The monoisotopic (exact) mass is 330 g/mol. The van der Waals surface area contributed by atoms with Gasteiger partial charge in [0, 0.05) is 11.8 Å². The van der Waals surface area contributed by atoms with Gasteiger partial charge in [-0.05, 0) is 74.0 Å². The molecule has 1 aliphatic heterocycles. The average Bonchev–Trinajstić information content (AvgIpc) is 2.99. The van der Waals surface area contributed by atoms with Gasteiger partial charge in [-0.3, -0.25) is 4.79 Å². The second kappa shape index (κ2) is 4.23. The molecule has 1 saturated heterocycles. The summed E-state index contributed by atoms with van der Waals surface area (Å²) in [5.74, 6) is 3.24. The number of ether oxygens (including phenoxy) is 1. The third kappa shape index (κ3) is 1.36. The first kappa shape index (κ1) is 15.7. The zero-order valence-electron chi connectivity index (χ0n) is 16.2. The van der Waals surface area contributed by atoms with E-state index in [1.165, 1.54) is 38.5 Å². The van der Waals surface area contributed by atoms with Gasteiger partial charge < -0.3 is 4.74 Å². The summed E-state index contributed by atoms with van der Waals surface area (Å²) in [5, 5.41) is 0. The third-order valence-electron chi connectivity index (χ3n) is 10.5. The molecule has 1 heterocycles. The molecule has 0 aromatic heterocycles. The number of esters is 1. The van der Waals surface area contributed by atoms with E-state index in [0.717, 1.165) is 12.3 Å². The van der Waals surface area contributed by atoms with Gasteiger partial charge in [-0.25, -0.2) is 0 Å². The minimum atomic E-state index is -0.232. The molecule has 0 radical (unpaired) electrons. The SMILES string of the molecule is CCC1(C)C[C@]23C[C@H]1CCC2[C@@]12CCC(C)[C@@](C)(C(=O)O1)C2[C@@H]3C. The summed E-state index contributed by atoms with van der Waals surface area (Å²) >= 11 is 0. The Labute approximate surface area is 147 Å². The highest BCUT2D eigenvalue weighted by Crippen LogP contribution is 2.80. The summed E-state index contributed by atoms with van der Waals surface area (Å²) in [4.78, 5) is 13.0. The summed E-state index contributed by atoms with van der Waals surface area (Å²) in [6, 6.07) is 0. The van der Waals surface area contributed by atoms with Gasteiger partial charge in [0.25, 0.3) is 0 Å². The fraction of sp³-hybridized carbons (Fsp3) is 0.955. The van der Waals surface area contributed by atoms with Crippen LogP contribution in [-0.2, 0) is 9.53 Å². The van der Waals surface area contributed by atoms with Crippen LogP contribution in [0.5, 0.6) is 0 Å². The van der Waals surface area contributed by atoms with Crippen LogP contribution in [0.3, 0.4) is 0 Å².